The maximum atomic E-state index is 11.8. The van der Waals surface area contributed by atoms with Gasteiger partial charge in [-0.1, -0.05) is 0 Å². The number of esters is 1. The maximum absolute atomic E-state index is 11.8. The summed E-state index contributed by atoms with van der Waals surface area (Å²) in [6.07, 6.45) is 4.14. The Labute approximate surface area is 125 Å². The van der Waals surface area contributed by atoms with Gasteiger partial charge < -0.3 is 20.1 Å². The third-order valence-corrected chi connectivity index (χ3v) is 3.45. The summed E-state index contributed by atoms with van der Waals surface area (Å²) >= 11 is 0. The fourth-order valence-electron chi connectivity index (χ4n) is 2.00. The van der Waals surface area contributed by atoms with Crippen LogP contribution in [0.4, 0.5) is 11.5 Å². The van der Waals surface area contributed by atoms with Crippen LogP contribution in [0.3, 0.4) is 0 Å². The van der Waals surface area contributed by atoms with Gasteiger partial charge in [-0.25, -0.2) is 9.78 Å². The maximum Gasteiger partial charge on any atom is 0.340 e. The van der Waals surface area contributed by atoms with Crippen molar-refractivity contribution < 1.29 is 14.3 Å². The van der Waals surface area contributed by atoms with Crippen molar-refractivity contribution in [2.45, 2.75) is 19.8 Å². The van der Waals surface area contributed by atoms with Gasteiger partial charge in [0.1, 0.15) is 0 Å². The summed E-state index contributed by atoms with van der Waals surface area (Å²) in [4.78, 5) is 17.9. The first-order chi connectivity index (χ1) is 10.1. The first-order valence-corrected chi connectivity index (χ1v) is 7.34. The Morgan fingerprint density at radius 2 is 2.29 bits per heavy atom. The summed E-state index contributed by atoms with van der Waals surface area (Å²) in [6.45, 7) is 4.22. The molecule has 1 aliphatic carbocycles. The number of carbonyl (C=O) groups is 1. The van der Waals surface area contributed by atoms with Crippen LogP contribution < -0.4 is 10.6 Å². The minimum Gasteiger partial charge on any atom is -0.462 e. The standard InChI is InChI=1S/C15H23N3O3/c1-3-21-15(19)12-6-7-17-14(13(12)16)18(2)8-9-20-10-11-4-5-11/h6-7,11H,3-5,8-10,16H2,1-2H3. The predicted molar refractivity (Wildman–Crippen MR) is 81.4 cm³/mol. The average Bonchev–Trinajstić information content (AvgIpc) is 3.28. The molecule has 0 spiro atoms. The molecule has 1 heterocycles. The van der Waals surface area contributed by atoms with Gasteiger partial charge in [-0.3, -0.25) is 0 Å². The van der Waals surface area contributed by atoms with Crippen LogP contribution in [-0.4, -0.2) is 44.4 Å². The van der Waals surface area contributed by atoms with Crippen LogP contribution in [0.25, 0.3) is 0 Å². The number of carbonyl (C=O) groups excluding carboxylic acids is 1. The highest BCUT2D eigenvalue weighted by molar-refractivity contribution is 5.97. The summed E-state index contributed by atoms with van der Waals surface area (Å²) < 4.78 is 10.6. The molecule has 2 rings (SSSR count). The Bertz CT molecular complexity index is 489. The monoisotopic (exact) mass is 293 g/mol. The first-order valence-electron chi connectivity index (χ1n) is 7.34. The minimum absolute atomic E-state index is 0.320. The van der Waals surface area contributed by atoms with E-state index in [1.54, 1.807) is 19.2 Å². The van der Waals surface area contributed by atoms with Crippen molar-refractivity contribution in [3.63, 3.8) is 0 Å². The Balaban J connectivity index is 1.93. The van der Waals surface area contributed by atoms with Gasteiger partial charge >= 0.3 is 5.97 Å². The van der Waals surface area contributed by atoms with Gasteiger partial charge in [0.2, 0.25) is 0 Å². The van der Waals surface area contributed by atoms with E-state index in [0.717, 1.165) is 12.5 Å². The fraction of sp³-hybridized carbons (Fsp3) is 0.600. The highest BCUT2D eigenvalue weighted by Gasteiger charge is 2.21. The number of ether oxygens (including phenoxy) is 2. The number of pyridine rings is 1. The lowest BCUT2D eigenvalue weighted by molar-refractivity contribution is 0.0527. The van der Waals surface area contributed by atoms with E-state index >= 15 is 0 Å². The lowest BCUT2D eigenvalue weighted by atomic mass is 10.2. The van der Waals surface area contributed by atoms with Crippen LogP contribution in [0.5, 0.6) is 0 Å². The van der Waals surface area contributed by atoms with E-state index in [1.807, 2.05) is 11.9 Å². The summed E-state index contributed by atoms with van der Waals surface area (Å²) in [5, 5.41) is 0. The molecule has 21 heavy (non-hydrogen) atoms. The number of hydrogen-bond acceptors (Lipinski definition) is 6. The van der Waals surface area contributed by atoms with Gasteiger partial charge in [0, 0.05) is 26.4 Å². The molecule has 0 atom stereocenters. The molecule has 0 saturated heterocycles. The molecule has 1 aliphatic rings. The van der Waals surface area contributed by atoms with Crippen LogP contribution in [0.15, 0.2) is 12.3 Å². The average molecular weight is 293 g/mol. The number of anilines is 2. The van der Waals surface area contributed by atoms with Crippen LogP contribution in [0.1, 0.15) is 30.1 Å². The molecule has 0 bridgehead atoms. The van der Waals surface area contributed by atoms with E-state index in [-0.39, 0.29) is 0 Å². The largest absolute Gasteiger partial charge is 0.462 e. The predicted octanol–water partition coefficient (Wildman–Crippen LogP) is 1.70. The number of nitrogen functional groups attached to an aromatic ring is 1. The second kappa shape index (κ2) is 7.26. The Morgan fingerprint density at radius 3 is 2.95 bits per heavy atom. The number of nitrogens with two attached hydrogens (primary N) is 1. The quantitative estimate of drug-likeness (QED) is 0.580. The zero-order chi connectivity index (χ0) is 15.2. The molecular formula is C15H23N3O3. The van der Waals surface area contributed by atoms with Crippen LogP contribution in [0.2, 0.25) is 0 Å². The number of aromatic nitrogens is 1. The zero-order valence-corrected chi connectivity index (χ0v) is 12.7. The lowest BCUT2D eigenvalue weighted by Gasteiger charge is -2.20. The molecule has 0 aliphatic heterocycles. The van der Waals surface area contributed by atoms with Crippen LogP contribution >= 0.6 is 0 Å². The minimum atomic E-state index is -0.419. The van der Waals surface area contributed by atoms with Crippen molar-refractivity contribution in [1.82, 2.24) is 4.98 Å². The molecule has 1 saturated carbocycles. The fourth-order valence-corrected chi connectivity index (χ4v) is 2.00. The third kappa shape index (κ3) is 4.32. The van der Waals surface area contributed by atoms with Crippen molar-refractivity contribution in [2.75, 3.05) is 44.0 Å². The van der Waals surface area contributed by atoms with Crippen LogP contribution in [-0.2, 0) is 9.47 Å². The van der Waals surface area contributed by atoms with E-state index in [1.165, 1.54) is 12.8 Å². The molecule has 116 valence electrons. The number of nitrogens with zero attached hydrogens (tertiary/aromatic N) is 2. The third-order valence-electron chi connectivity index (χ3n) is 3.45. The second-order valence-corrected chi connectivity index (χ2v) is 5.26. The van der Waals surface area contributed by atoms with Crippen LogP contribution in [0, 0.1) is 5.92 Å². The molecule has 6 heteroatoms. The highest BCUT2D eigenvalue weighted by atomic mass is 16.5. The van der Waals surface area contributed by atoms with Crippen molar-refractivity contribution >= 4 is 17.5 Å². The number of rotatable bonds is 8. The summed E-state index contributed by atoms with van der Waals surface area (Å²) in [7, 11) is 1.88. The van der Waals surface area contributed by atoms with E-state index in [9.17, 15) is 4.79 Å². The zero-order valence-electron chi connectivity index (χ0n) is 12.7. The molecule has 6 nitrogen and oxygen atoms in total. The topological polar surface area (TPSA) is 77.7 Å². The number of hydrogen-bond donors (Lipinski definition) is 1. The lowest BCUT2D eigenvalue weighted by Crippen LogP contribution is -2.25. The first kappa shape index (κ1) is 15.6. The molecule has 0 unspecified atom stereocenters. The van der Waals surface area contributed by atoms with Gasteiger partial charge in [-0.2, -0.15) is 0 Å². The summed E-state index contributed by atoms with van der Waals surface area (Å²) in [5.74, 6) is 0.915. The number of likely N-dealkylation sites (N-methyl/N-ethyl adjacent to an activating group) is 1. The normalized spacial score (nSPS) is 14.0. The molecule has 1 fully saturated rings. The Morgan fingerprint density at radius 1 is 1.52 bits per heavy atom. The smallest absolute Gasteiger partial charge is 0.340 e. The van der Waals surface area contributed by atoms with Crippen molar-refractivity contribution in [3.8, 4) is 0 Å². The summed E-state index contributed by atoms with van der Waals surface area (Å²) in [6, 6.07) is 1.58. The molecule has 2 N–H and O–H groups in total. The van der Waals surface area contributed by atoms with Crippen molar-refractivity contribution in [1.29, 1.82) is 0 Å². The summed E-state index contributed by atoms with van der Waals surface area (Å²) in [5.41, 5.74) is 6.73. The van der Waals surface area contributed by atoms with E-state index < -0.39 is 5.97 Å². The van der Waals surface area contributed by atoms with E-state index in [2.05, 4.69) is 4.98 Å². The molecular weight excluding hydrogens is 270 g/mol. The van der Waals surface area contributed by atoms with Gasteiger partial charge in [0.25, 0.3) is 0 Å². The van der Waals surface area contributed by atoms with Crippen molar-refractivity contribution in [2.24, 2.45) is 5.92 Å². The van der Waals surface area contributed by atoms with E-state index in [0.29, 0.717) is 36.8 Å². The van der Waals surface area contributed by atoms with Gasteiger partial charge in [0.05, 0.1) is 24.5 Å². The molecule has 0 aromatic carbocycles. The molecule has 1 aromatic rings. The molecule has 0 radical (unpaired) electrons. The molecule has 1 aromatic heterocycles. The Hall–Kier alpha value is -1.82. The SMILES string of the molecule is CCOC(=O)c1ccnc(N(C)CCOCC2CC2)c1N. The van der Waals surface area contributed by atoms with Crippen molar-refractivity contribution in [3.05, 3.63) is 17.8 Å². The highest BCUT2D eigenvalue weighted by Crippen LogP contribution is 2.28. The Kier molecular flexibility index (Phi) is 5.38. The van der Waals surface area contributed by atoms with Gasteiger partial charge in [0.15, 0.2) is 5.82 Å². The van der Waals surface area contributed by atoms with Gasteiger partial charge in [-0.15, -0.1) is 0 Å². The van der Waals surface area contributed by atoms with Gasteiger partial charge in [-0.05, 0) is 31.7 Å². The van der Waals surface area contributed by atoms with E-state index in [4.69, 9.17) is 15.2 Å². The second-order valence-electron chi connectivity index (χ2n) is 5.26. The molecule has 0 amide bonds.